The molecule has 1 atom stereocenters. The Hall–Kier alpha value is -2.36. The lowest BCUT2D eigenvalue weighted by atomic mass is 9.98. The molecule has 7 nitrogen and oxygen atoms in total. The van der Waals surface area contributed by atoms with Gasteiger partial charge in [0.25, 0.3) is 0 Å². The average Bonchev–Trinajstić information content (AvgIpc) is 3.04. The second kappa shape index (κ2) is 9.64. The number of carbonyl (C=O) groups is 1. The van der Waals surface area contributed by atoms with Gasteiger partial charge in [0, 0.05) is 26.1 Å². The summed E-state index contributed by atoms with van der Waals surface area (Å²) in [5.41, 5.74) is 0.763. The highest BCUT2D eigenvalue weighted by atomic mass is 35.5. The summed E-state index contributed by atoms with van der Waals surface area (Å²) in [4.78, 5) is 12.8. The molecule has 0 spiro atoms. The number of piperidine rings is 1. The van der Waals surface area contributed by atoms with Gasteiger partial charge in [-0.3, -0.25) is 4.79 Å². The predicted molar refractivity (Wildman–Crippen MR) is 117 cm³/mol. The van der Waals surface area contributed by atoms with Crippen LogP contribution >= 0.6 is 11.6 Å². The molecule has 0 aromatic heterocycles. The lowest BCUT2D eigenvalue weighted by molar-refractivity contribution is -0.126. The summed E-state index contributed by atoms with van der Waals surface area (Å²) in [6, 6.07) is 8.22. The molecule has 32 heavy (non-hydrogen) atoms. The van der Waals surface area contributed by atoms with Crippen molar-refractivity contribution in [3.8, 4) is 11.5 Å². The van der Waals surface area contributed by atoms with Crippen molar-refractivity contribution in [2.45, 2.75) is 30.7 Å². The predicted octanol–water partition coefficient (Wildman–Crippen LogP) is 3.36. The fourth-order valence-electron chi connectivity index (χ4n) is 3.85. The minimum Gasteiger partial charge on any atom is -0.489 e. The zero-order chi connectivity index (χ0) is 22.7. The molecule has 2 aliphatic heterocycles. The van der Waals surface area contributed by atoms with E-state index in [-0.39, 0.29) is 23.9 Å². The third-order valence-electron chi connectivity index (χ3n) is 5.54. The van der Waals surface area contributed by atoms with Crippen LogP contribution in [0.5, 0.6) is 11.5 Å². The lowest BCUT2D eigenvalue weighted by Crippen LogP contribution is -2.45. The smallest absolute Gasteiger partial charge is 0.243 e. The molecule has 2 aromatic carbocycles. The number of carbonyl (C=O) groups excluding carboxylic acids is 1. The van der Waals surface area contributed by atoms with Crippen molar-refractivity contribution in [2.24, 2.45) is 5.92 Å². The third-order valence-corrected chi connectivity index (χ3v) is 7.70. The molecule has 1 saturated heterocycles. The molecule has 0 radical (unpaired) electrons. The van der Waals surface area contributed by atoms with E-state index in [1.807, 2.05) is 0 Å². The zero-order valence-corrected chi connectivity index (χ0v) is 18.9. The van der Waals surface area contributed by atoms with Gasteiger partial charge in [-0.1, -0.05) is 11.6 Å². The molecule has 2 aliphatic rings. The number of amides is 1. The van der Waals surface area contributed by atoms with Gasteiger partial charge in [-0.15, -0.1) is 0 Å². The van der Waals surface area contributed by atoms with Crippen molar-refractivity contribution in [1.29, 1.82) is 0 Å². The number of benzene rings is 2. The van der Waals surface area contributed by atoms with Crippen LogP contribution in [0.25, 0.3) is 0 Å². The Morgan fingerprint density at radius 3 is 2.69 bits per heavy atom. The second-order valence-corrected chi connectivity index (χ2v) is 10.2. The number of halogens is 2. The Kier molecular flexibility index (Phi) is 6.88. The molecule has 1 fully saturated rings. The van der Waals surface area contributed by atoms with Gasteiger partial charge in [0.15, 0.2) is 11.5 Å². The van der Waals surface area contributed by atoms with E-state index >= 15 is 0 Å². The molecule has 4 rings (SSSR count). The standard InChI is InChI=1S/C22H24ClFN2O5S/c23-19-11-15(12-20-21(19)31-10-2-9-30-20)13-25-22(27)16-3-1-8-26(14-16)32(28,29)18-6-4-17(24)5-7-18/h4-7,11-12,16H,1-3,8-10,13-14H2,(H,25,27)/t16-/m0/s1. The largest absolute Gasteiger partial charge is 0.489 e. The molecule has 0 aliphatic carbocycles. The van der Waals surface area contributed by atoms with Gasteiger partial charge in [-0.2, -0.15) is 4.31 Å². The fourth-order valence-corrected chi connectivity index (χ4v) is 5.66. The maximum atomic E-state index is 13.2. The molecular formula is C22H24ClFN2O5S. The Morgan fingerprint density at radius 1 is 1.16 bits per heavy atom. The lowest BCUT2D eigenvalue weighted by Gasteiger charge is -2.31. The summed E-state index contributed by atoms with van der Waals surface area (Å²) in [5, 5.41) is 3.29. The Labute approximate surface area is 191 Å². The van der Waals surface area contributed by atoms with Crippen LogP contribution in [0, 0.1) is 11.7 Å². The zero-order valence-electron chi connectivity index (χ0n) is 17.4. The molecule has 10 heteroatoms. The average molecular weight is 483 g/mol. The van der Waals surface area contributed by atoms with Crippen molar-refractivity contribution in [3.05, 3.63) is 52.8 Å². The molecule has 0 saturated carbocycles. The first kappa shape index (κ1) is 22.8. The second-order valence-electron chi connectivity index (χ2n) is 7.83. The number of hydrogen-bond acceptors (Lipinski definition) is 5. The van der Waals surface area contributed by atoms with Crippen LogP contribution < -0.4 is 14.8 Å². The van der Waals surface area contributed by atoms with Gasteiger partial charge >= 0.3 is 0 Å². The number of rotatable bonds is 5. The molecule has 1 amide bonds. The van der Waals surface area contributed by atoms with E-state index in [0.717, 1.165) is 24.1 Å². The van der Waals surface area contributed by atoms with E-state index in [4.69, 9.17) is 21.1 Å². The van der Waals surface area contributed by atoms with Crippen LogP contribution in [0.2, 0.25) is 5.02 Å². The summed E-state index contributed by atoms with van der Waals surface area (Å²) in [7, 11) is -3.79. The highest BCUT2D eigenvalue weighted by molar-refractivity contribution is 7.89. The maximum Gasteiger partial charge on any atom is 0.243 e. The van der Waals surface area contributed by atoms with Gasteiger partial charge < -0.3 is 14.8 Å². The summed E-state index contributed by atoms with van der Waals surface area (Å²) in [6.45, 7) is 1.69. The van der Waals surface area contributed by atoms with E-state index in [9.17, 15) is 17.6 Å². The number of nitrogens with one attached hydrogen (secondary N) is 1. The third kappa shape index (κ3) is 5.00. The summed E-state index contributed by atoms with van der Waals surface area (Å²) in [6.07, 6.45) is 1.91. The summed E-state index contributed by atoms with van der Waals surface area (Å²) in [5.74, 6) is -0.154. The number of nitrogens with zero attached hydrogens (tertiary/aromatic N) is 1. The molecule has 0 unspecified atom stereocenters. The van der Waals surface area contributed by atoms with Crippen molar-refractivity contribution in [3.63, 3.8) is 0 Å². The molecule has 172 valence electrons. The highest BCUT2D eigenvalue weighted by Crippen LogP contribution is 2.38. The van der Waals surface area contributed by atoms with Gasteiger partial charge in [-0.25, -0.2) is 12.8 Å². The van der Waals surface area contributed by atoms with Gasteiger partial charge in [0.05, 0.1) is 29.0 Å². The minimum absolute atomic E-state index is 0.0156. The van der Waals surface area contributed by atoms with Gasteiger partial charge in [0.2, 0.25) is 15.9 Å². The summed E-state index contributed by atoms with van der Waals surface area (Å²) < 4.78 is 51.5. The van der Waals surface area contributed by atoms with Crippen LogP contribution in [0.1, 0.15) is 24.8 Å². The molecule has 2 heterocycles. The van der Waals surface area contributed by atoms with E-state index in [1.165, 1.54) is 16.4 Å². The number of hydrogen-bond donors (Lipinski definition) is 1. The molecule has 0 bridgehead atoms. The van der Waals surface area contributed by atoms with Crippen molar-refractivity contribution in [2.75, 3.05) is 26.3 Å². The van der Waals surface area contributed by atoms with Crippen molar-refractivity contribution in [1.82, 2.24) is 9.62 Å². The monoisotopic (exact) mass is 482 g/mol. The van der Waals surface area contributed by atoms with E-state index < -0.39 is 21.8 Å². The Morgan fingerprint density at radius 2 is 1.91 bits per heavy atom. The van der Waals surface area contributed by atoms with Crippen LogP contribution in [0.4, 0.5) is 4.39 Å². The fraction of sp³-hybridized carbons (Fsp3) is 0.409. The first-order valence-electron chi connectivity index (χ1n) is 10.5. The summed E-state index contributed by atoms with van der Waals surface area (Å²) >= 11 is 6.31. The highest BCUT2D eigenvalue weighted by Gasteiger charge is 2.33. The first-order chi connectivity index (χ1) is 15.3. The van der Waals surface area contributed by atoms with Crippen LogP contribution in [0.15, 0.2) is 41.3 Å². The number of fused-ring (bicyclic) bond motifs is 1. The number of ether oxygens (including phenoxy) is 2. The van der Waals surface area contributed by atoms with Crippen LogP contribution in [0.3, 0.4) is 0 Å². The molecule has 2 aromatic rings. The maximum absolute atomic E-state index is 13.2. The van der Waals surface area contributed by atoms with E-state index in [2.05, 4.69) is 5.32 Å². The van der Waals surface area contributed by atoms with E-state index in [0.29, 0.717) is 49.1 Å². The van der Waals surface area contributed by atoms with Crippen LogP contribution in [-0.2, 0) is 21.4 Å². The van der Waals surface area contributed by atoms with Crippen LogP contribution in [-0.4, -0.2) is 44.9 Å². The number of sulfonamides is 1. The minimum atomic E-state index is -3.79. The Balaban J connectivity index is 1.40. The topological polar surface area (TPSA) is 84.9 Å². The molecular weight excluding hydrogens is 459 g/mol. The normalized spacial score (nSPS) is 19.2. The first-order valence-corrected chi connectivity index (χ1v) is 12.3. The molecule has 1 N–H and O–H groups in total. The van der Waals surface area contributed by atoms with Gasteiger partial charge in [-0.05, 0) is 54.8 Å². The van der Waals surface area contributed by atoms with Crippen molar-refractivity contribution < 1.29 is 27.1 Å². The quantitative estimate of drug-likeness (QED) is 0.706. The van der Waals surface area contributed by atoms with E-state index in [1.54, 1.807) is 12.1 Å². The van der Waals surface area contributed by atoms with Gasteiger partial charge in [0.1, 0.15) is 5.82 Å². The van der Waals surface area contributed by atoms with Crippen molar-refractivity contribution >= 4 is 27.5 Å². The SMILES string of the molecule is O=C(NCc1cc(Cl)c2c(c1)OCCCO2)[C@H]1CCCN(S(=O)(=O)c2ccc(F)cc2)C1. The Bertz CT molecular complexity index is 1090.